The van der Waals surface area contributed by atoms with Gasteiger partial charge >= 0.3 is 0 Å². The van der Waals surface area contributed by atoms with Crippen LogP contribution in [-0.4, -0.2) is 0 Å². The molecule has 0 saturated heterocycles. The first-order valence-corrected chi connectivity index (χ1v) is 3.98. The molecule has 0 aliphatic heterocycles. The van der Waals surface area contributed by atoms with Crippen LogP contribution in [0.1, 0.15) is 11.1 Å². The lowest BCUT2D eigenvalue weighted by atomic mass is 10.1. The maximum absolute atomic E-state index is 5.96. The highest BCUT2D eigenvalue weighted by molar-refractivity contribution is 6.31. The van der Waals surface area contributed by atoms with E-state index in [0.29, 0.717) is 0 Å². The average molecular weight is 167 g/mol. The van der Waals surface area contributed by atoms with Crippen LogP contribution in [0.15, 0.2) is 30.9 Å². The molecule has 58 valence electrons. The molecule has 1 aromatic carbocycles. The number of allylic oxidation sites excluding steroid dienone is 1. The first-order valence-electron chi connectivity index (χ1n) is 3.60. The Morgan fingerprint density at radius 2 is 2.27 bits per heavy atom. The number of hydrogen-bond acceptors (Lipinski definition) is 0. The maximum Gasteiger partial charge on any atom is 0.0443 e. The zero-order chi connectivity index (χ0) is 8.27. The molecule has 0 unspecified atom stereocenters. The summed E-state index contributed by atoms with van der Waals surface area (Å²) in [6, 6.07) is 6.07. The maximum atomic E-state index is 5.96. The van der Waals surface area contributed by atoms with Gasteiger partial charge in [-0.1, -0.05) is 29.8 Å². The lowest BCUT2D eigenvalue weighted by molar-refractivity contribution is 1.26. The van der Waals surface area contributed by atoms with Crippen molar-refractivity contribution in [3.8, 4) is 0 Å². The number of aryl methyl sites for hydroxylation is 1. The van der Waals surface area contributed by atoms with Gasteiger partial charge in [0.2, 0.25) is 0 Å². The lowest BCUT2D eigenvalue weighted by Gasteiger charge is -2.00. The monoisotopic (exact) mass is 166 g/mol. The fourth-order valence-electron chi connectivity index (χ4n) is 0.973. The summed E-state index contributed by atoms with van der Waals surface area (Å²) in [5.74, 6) is 0. The van der Waals surface area contributed by atoms with Gasteiger partial charge in [0.1, 0.15) is 0 Å². The number of benzene rings is 1. The van der Waals surface area contributed by atoms with E-state index in [4.69, 9.17) is 11.6 Å². The molecule has 0 nitrogen and oxygen atoms in total. The molecular formula is C10H11Cl. The molecule has 0 N–H and O–H groups in total. The van der Waals surface area contributed by atoms with Crippen molar-refractivity contribution in [1.82, 2.24) is 0 Å². The molecule has 0 aliphatic rings. The molecule has 0 heterocycles. The molecule has 1 heteroatoms. The van der Waals surface area contributed by atoms with E-state index in [1.807, 2.05) is 25.1 Å². The van der Waals surface area contributed by atoms with Crippen LogP contribution in [0.25, 0.3) is 0 Å². The van der Waals surface area contributed by atoms with Crippen molar-refractivity contribution in [3.05, 3.63) is 47.0 Å². The zero-order valence-electron chi connectivity index (χ0n) is 6.60. The van der Waals surface area contributed by atoms with Crippen molar-refractivity contribution >= 4 is 11.6 Å². The number of rotatable bonds is 2. The van der Waals surface area contributed by atoms with Crippen LogP contribution in [0.5, 0.6) is 0 Å². The molecule has 1 rings (SSSR count). The summed E-state index contributed by atoms with van der Waals surface area (Å²) >= 11 is 5.96. The normalized spacial score (nSPS) is 9.64. The van der Waals surface area contributed by atoms with E-state index in [-0.39, 0.29) is 0 Å². The van der Waals surface area contributed by atoms with E-state index < -0.39 is 0 Å². The van der Waals surface area contributed by atoms with E-state index >= 15 is 0 Å². The summed E-state index contributed by atoms with van der Waals surface area (Å²) in [6.45, 7) is 5.69. The van der Waals surface area contributed by atoms with Crippen LogP contribution >= 0.6 is 11.6 Å². The topological polar surface area (TPSA) is 0 Å². The van der Waals surface area contributed by atoms with E-state index in [0.717, 1.165) is 17.0 Å². The summed E-state index contributed by atoms with van der Waals surface area (Å²) in [5.41, 5.74) is 2.34. The summed E-state index contributed by atoms with van der Waals surface area (Å²) in [6.07, 6.45) is 2.70. The molecule has 0 spiro atoms. The molecule has 0 aliphatic carbocycles. The van der Waals surface area contributed by atoms with Crippen molar-refractivity contribution in [2.75, 3.05) is 0 Å². The summed E-state index contributed by atoms with van der Waals surface area (Å²) < 4.78 is 0. The molecule has 1 aromatic rings. The van der Waals surface area contributed by atoms with Gasteiger partial charge in [-0.15, -0.1) is 6.58 Å². The summed E-state index contributed by atoms with van der Waals surface area (Å²) in [7, 11) is 0. The minimum atomic E-state index is 0.838. The van der Waals surface area contributed by atoms with Gasteiger partial charge in [0.15, 0.2) is 0 Å². The van der Waals surface area contributed by atoms with Gasteiger partial charge in [0.25, 0.3) is 0 Å². The van der Waals surface area contributed by atoms with Gasteiger partial charge < -0.3 is 0 Å². The zero-order valence-corrected chi connectivity index (χ0v) is 7.36. The third-order valence-corrected chi connectivity index (χ3v) is 1.92. The Labute approximate surface area is 72.5 Å². The predicted octanol–water partition coefficient (Wildman–Crippen LogP) is 3.38. The highest BCUT2D eigenvalue weighted by atomic mass is 35.5. The predicted molar refractivity (Wildman–Crippen MR) is 50.1 cm³/mol. The first kappa shape index (κ1) is 8.35. The highest BCUT2D eigenvalue weighted by Gasteiger charge is 1.96. The Morgan fingerprint density at radius 3 is 2.82 bits per heavy atom. The largest absolute Gasteiger partial charge is 0.103 e. The third-order valence-electron chi connectivity index (χ3n) is 1.57. The third kappa shape index (κ3) is 2.09. The van der Waals surface area contributed by atoms with Crippen LogP contribution in [0.2, 0.25) is 5.02 Å². The van der Waals surface area contributed by atoms with Gasteiger partial charge in [-0.25, -0.2) is 0 Å². The standard InChI is InChI=1S/C10H11Cl/c1-3-4-9-6-5-8(2)7-10(9)11/h3,5-7H,1,4H2,2H3. The second kappa shape index (κ2) is 3.59. The molecule has 0 radical (unpaired) electrons. The Kier molecular flexibility index (Phi) is 2.72. The van der Waals surface area contributed by atoms with Gasteiger partial charge in [0.05, 0.1) is 0 Å². The minimum absolute atomic E-state index is 0.838. The van der Waals surface area contributed by atoms with Crippen LogP contribution < -0.4 is 0 Å². The Balaban J connectivity index is 2.98. The van der Waals surface area contributed by atoms with Crippen LogP contribution in [0, 0.1) is 6.92 Å². The fourth-order valence-corrected chi connectivity index (χ4v) is 1.29. The molecule has 0 fully saturated rings. The van der Waals surface area contributed by atoms with Gasteiger partial charge in [-0.2, -0.15) is 0 Å². The van der Waals surface area contributed by atoms with Gasteiger partial charge in [0, 0.05) is 5.02 Å². The molecule has 11 heavy (non-hydrogen) atoms. The lowest BCUT2D eigenvalue weighted by Crippen LogP contribution is -1.83. The molecule has 0 bridgehead atoms. The SMILES string of the molecule is C=CCc1ccc(C)cc1Cl. The van der Waals surface area contributed by atoms with Crippen LogP contribution in [0.4, 0.5) is 0 Å². The van der Waals surface area contributed by atoms with Gasteiger partial charge in [-0.05, 0) is 30.5 Å². The van der Waals surface area contributed by atoms with Crippen molar-refractivity contribution in [1.29, 1.82) is 0 Å². The van der Waals surface area contributed by atoms with Crippen LogP contribution in [0.3, 0.4) is 0 Å². The molecular weight excluding hydrogens is 156 g/mol. The highest BCUT2D eigenvalue weighted by Crippen LogP contribution is 2.17. The van der Waals surface area contributed by atoms with E-state index in [2.05, 4.69) is 12.6 Å². The smallest absolute Gasteiger partial charge is 0.0443 e. The molecule has 0 amide bonds. The van der Waals surface area contributed by atoms with E-state index in [9.17, 15) is 0 Å². The average Bonchev–Trinajstić information content (AvgIpc) is 1.95. The van der Waals surface area contributed by atoms with Crippen molar-refractivity contribution < 1.29 is 0 Å². The van der Waals surface area contributed by atoms with Crippen molar-refractivity contribution in [2.24, 2.45) is 0 Å². The second-order valence-corrected chi connectivity index (χ2v) is 2.99. The Hall–Kier alpha value is -0.750. The fraction of sp³-hybridized carbons (Fsp3) is 0.200. The van der Waals surface area contributed by atoms with Crippen LogP contribution in [-0.2, 0) is 6.42 Å². The molecule has 0 atom stereocenters. The molecule has 0 saturated carbocycles. The quantitative estimate of drug-likeness (QED) is 0.591. The number of hydrogen-bond donors (Lipinski definition) is 0. The van der Waals surface area contributed by atoms with Crippen molar-refractivity contribution in [3.63, 3.8) is 0 Å². The minimum Gasteiger partial charge on any atom is -0.103 e. The van der Waals surface area contributed by atoms with E-state index in [1.54, 1.807) is 0 Å². The van der Waals surface area contributed by atoms with Gasteiger partial charge in [-0.3, -0.25) is 0 Å². The summed E-state index contributed by atoms with van der Waals surface area (Å²) in [5, 5.41) is 0.838. The second-order valence-electron chi connectivity index (χ2n) is 2.59. The summed E-state index contributed by atoms with van der Waals surface area (Å²) in [4.78, 5) is 0. The molecule has 0 aromatic heterocycles. The number of halogens is 1. The Bertz CT molecular complexity index is 264. The van der Waals surface area contributed by atoms with Crippen molar-refractivity contribution in [2.45, 2.75) is 13.3 Å². The Morgan fingerprint density at radius 1 is 1.55 bits per heavy atom. The van der Waals surface area contributed by atoms with E-state index in [1.165, 1.54) is 5.56 Å². The first-order chi connectivity index (χ1) is 5.24.